The number of hydrogen-bond acceptors (Lipinski definition) is 4. The number of rotatable bonds is 4. The first kappa shape index (κ1) is 9.24. The maximum absolute atomic E-state index is 10.7. The summed E-state index contributed by atoms with van der Waals surface area (Å²) in [6.45, 7) is 0.403. The third-order valence-corrected chi connectivity index (χ3v) is 1.37. The third kappa shape index (κ3) is 3.37. The number of primary amides is 1. The van der Waals surface area contributed by atoms with E-state index in [1.54, 1.807) is 0 Å². The molecule has 6 heteroatoms. The van der Waals surface area contributed by atoms with Crippen LogP contribution < -0.4 is 16.6 Å². The fourth-order valence-corrected chi connectivity index (χ4v) is 0.803. The molecule has 0 fully saturated rings. The van der Waals surface area contributed by atoms with Gasteiger partial charge in [-0.3, -0.25) is 9.59 Å². The third-order valence-electron chi connectivity index (χ3n) is 1.37. The lowest BCUT2D eigenvalue weighted by Gasteiger charge is -2.01. The van der Waals surface area contributed by atoms with Crippen LogP contribution in [-0.4, -0.2) is 22.6 Å². The fraction of sp³-hybridized carbons (Fsp3) is 0.286. The highest BCUT2D eigenvalue weighted by molar-refractivity contribution is 5.74. The minimum absolute atomic E-state index is 0.229. The molecule has 1 rings (SSSR count). The Kier molecular flexibility index (Phi) is 3.02. The van der Waals surface area contributed by atoms with Crippen LogP contribution in [0.4, 0.5) is 5.69 Å². The van der Waals surface area contributed by atoms with Crippen LogP contribution >= 0.6 is 0 Å². The molecule has 6 nitrogen and oxygen atoms in total. The zero-order valence-corrected chi connectivity index (χ0v) is 6.91. The van der Waals surface area contributed by atoms with Crippen molar-refractivity contribution < 1.29 is 4.79 Å². The Morgan fingerprint density at radius 1 is 1.69 bits per heavy atom. The van der Waals surface area contributed by atoms with Gasteiger partial charge in [-0.05, 0) is 0 Å². The van der Waals surface area contributed by atoms with E-state index in [0.29, 0.717) is 12.2 Å². The van der Waals surface area contributed by atoms with E-state index >= 15 is 0 Å². The smallest absolute Gasteiger partial charge is 0.266 e. The standard InChI is InChI=1S/C7H10N4O2/c8-6(12)1-2-9-5-3-7(13)11-10-4-5/h3-4H,1-2H2,(H2,8,12)(H2,9,11,13). The molecular weight excluding hydrogens is 172 g/mol. The molecule has 0 radical (unpaired) electrons. The summed E-state index contributed by atoms with van der Waals surface area (Å²) in [5, 5.41) is 8.63. The van der Waals surface area contributed by atoms with Gasteiger partial charge in [-0.1, -0.05) is 0 Å². The number of aromatic amines is 1. The molecule has 0 spiro atoms. The average molecular weight is 182 g/mol. The number of H-pyrrole nitrogens is 1. The summed E-state index contributed by atoms with van der Waals surface area (Å²) < 4.78 is 0. The van der Waals surface area contributed by atoms with Crippen LogP contribution in [0.2, 0.25) is 0 Å². The monoisotopic (exact) mass is 182 g/mol. The molecule has 0 bridgehead atoms. The van der Waals surface area contributed by atoms with Crippen LogP contribution in [0.25, 0.3) is 0 Å². The van der Waals surface area contributed by atoms with Crippen LogP contribution in [-0.2, 0) is 4.79 Å². The SMILES string of the molecule is NC(=O)CCNc1cn[nH]c(=O)c1. The second-order valence-corrected chi connectivity index (χ2v) is 2.48. The molecule has 1 aromatic heterocycles. The Bertz CT molecular complexity index is 346. The van der Waals surface area contributed by atoms with E-state index < -0.39 is 0 Å². The van der Waals surface area contributed by atoms with Gasteiger partial charge in [0.1, 0.15) is 0 Å². The number of carbonyl (C=O) groups excluding carboxylic acids is 1. The Hall–Kier alpha value is -1.85. The van der Waals surface area contributed by atoms with Gasteiger partial charge in [0.15, 0.2) is 0 Å². The number of carbonyl (C=O) groups is 1. The Balaban J connectivity index is 2.45. The highest BCUT2D eigenvalue weighted by Crippen LogP contribution is 1.97. The minimum atomic E-state index is -0.384. The topological polar surface area (TPSA) is 101 Å². The van der Waals surface area contributed by atoms with Crippen molar-refractivity contribution in [3.05, 3.63) is 22.6 Å². The maximum Gasteiger partial charge on any atom is 0.266 e. The molecule has 0 aliphatic heterocycles. The molecule has 4 N–H and O–H groups in total. The van der Waals surface area contributed by atoms with Gasteiger partial charge >= 0.3 is 0 Å². The van der Waals surface area contributed by atoms with E-state index in [0.717, 1.165) is 0 Å². The van der Waals surface area contributed by atoms with E-state index in [4.69, 9.17) is 5.73 Å². The summed E-state index contributed by atoms with van der Waals surface area (Å²) in [6, 6.07) is 1.36. The van der Waals surface area contributed by atoms with Gasteiger partial charge in [0.25, 0.3) is 5.56 Å². The molecule has 0 unspecified atom stereocenters. The number of hydrogen-bond donors (Lipinski definition) is 3. The molecule has 0 aliphatic carbocycles. The van der Waals surface area contributed by atoms with Crippen LogP contribution in [0.15, 0.2) is 17.1 Å². The molecule has 1 heterocycles. The zero-order valence-electron chi connectivity index (χ0n) is 6.91. The number of nitrogens with two attached hydrogens (primary N) is 1. The lowest BCUT2D eigenvalue weighted by molar-refractivity contribution is -0.117. The van der Waals surface area contributed by atoms with E-state index in [1.807, 2.05) is 0 Å². The van der Waals surface area contributed by atoms with Gasteiger partial charge < -0.3 is 11.1 Å². The first-order valence-electron chi connectivity index (χ1n) is 3.75. The average Bonchev–Trinajstić information content (AvgIpc) is 2.03. The Morgan fingerprint density at radius 3 is 3.08 bits per heavy atom. The molecule has 0 atom stereocenters. The second kappa shape index (κ2) is 4.24. The quantitative estimate of drug-likeness (QED) is 0.559. The molecule has 0 saturated heterocycles. The first-order valence-corrected chi connectivity index (χ1v) is 3.75. The largest absolute Gasteiger partial charge is 0.383 e. The molecule has 0 aromatic carbocycles. The summed E-state index contributed by atoms with van der Waals surface area (Å²) in [7, 11) is 0. The van der Waals surface area contributed by atoms with Crippen molar-refractivity contribution in [3.63, 3.8) is 0 Å². The van der Waals surface area contributed by atoms with Crippen molar-refractivity contribution in [2.24, 2.45) is 5.73 Å². The summed E-state index contributed by atoms with van der Waals surface area (Å²) in [5.74, 6) is -0.384. The lowest BCUT2D eigenvalue weighted by atomic mass is 10.4. The van der Waals surface area contributed by atoms with Crippen molar-refractivity contribution in [2.45, 2.75) is 6.42 Å². The van der Waals surface area contributed by atoms with Gasteiger partial charge in [0, 0.05) is 19.0 Å². The molecular formula is C7H10N4O2. The second-order valence-electron chi connectivity index (χ2n) is 2.48. The van der Waals surface area contributed by atoms with Crippen molar-refractivity contribution >= 4 is 11.6 Å². The maximum atomic E-state index is 10.7. The number of nitrogens with one attached hydrogen (secondary N) is 2. The zero-order chi connectivity index (χ0) is 9.68. The van der Waals surface area contributed by atoms with Gasteiger partial charge in [-0.2, -0.15) is 5.10 Å². The molecule has 70 valence electrons. The van der Waals surface area contributed by atoms with Crippen LogP contribution in [0, 0.1) is 0 Å². The van der Waals surface area contributed by atoms with Crippen LogP contribution in [0.5, 0.6) is 0 Å². The van der Waals surface area contributed by atoms with Crippen molar-refractivity contribution in [1.82, 2.24) is 10.2 Å². The Morgan fingerprint density at radius 2 is 2.46 bits per heavy atom. The van der Waals surface area contributed by atoms with E-state index in [1.165, 1.54) is 12.3 Å². The Labute approximate surface area is 74.1 Å². The van der Waals surface area contributed by atoms with Crippen molar-refractivity contribution in [2.75, 3.05) is 11.9 Å². The lowest BCUT2D eigenvalue weighted by Crippen LogP contribution is -2.17. The summed E-state index contributed by atoms with van der Waals surface area (Å²) >= 11 is 0. The number of anilines is 1. The summed E-state index contributed by atoms with van der Waals surface area (Å²) in [4.78, 5) is 21.1. The number of aromatic nitrogens is 2. The molecule has 13 heavy (non-hydrogen) atoms. The molecule has 1 amide bonds. The number of amides is 1. The van der Waals surface area contributed by atoms with Crippen LogP contribution in [0.1, 0.15) is 6.42 Å². The molecule has 0 aliphatic rings. The van der Waals surface area contributed by atoms with Gasteiger partial charge in [0.05, 0.1) is 11.9 Å². The van der Waals surface area contributed by atoms with Gasteiger partial charge in [0.2, 0.25) is 5.91 Å². The summed E-state index contributed by atoms with van der Waals surface area (Å²) in [5.41, 5.74) is 5.21. The summed E-state index contributed by atoms with van der Waals surface area (Å²) in [6.07, 6.45) is 1.69. The van der Waals surface area contributed by atoms with E-state index in [9.17, 15) is 9.59 Å². The number of nitrogens with zero attached hydrogens (tertiary/aromatic N) is 1. The van der Waals surface area contributed by atoms with Crippen molar-refractivity contribution in [3.8, 4) is 0 Å². The highest BCUT2D eigenvalue weighted by atomic mass is 16.1. The van der Waals surface area contributed by atoms with E-state index in [2.05, 4.69) is 15.5 Å². The molecule has 0 saturated carbocycles. The predicted octanol–water partition coefficient (Wildman–Crippen LogP) is -0.943. The van der Waals surface area contributed by atoms with Gasteiger partial charge in [-0.15, -0.1) is 0 Å². The molecule has 1 aromatic rings. The van der Waals surface area contributed by atoms with Crippen molar-refractivity contribution in [1.29, 1.82) is 0 Å². The van der Waals surface area contributed by atoms with Crippen LogP contribution in [0.3, 0.4) is 0 Å². The van der Waals surface area contributed by atoms with E-state index in [-0.39, 0.29) is 17.9 Å². The predicted molar refractivity (Wildman–Crippen MR) is 47.2 cm³/mol. The van der Waals surface area contributed by atoms with Gasteiger partial charge in [-0.25, -0.2) is 5.10 Å². The normalized spacial score (nSPS) is 9.54. The minimum Gasteiger partial charge on any atom is -0.383 e. The fourth-order valence-electron chi connectivity index (χ4n) is 0.803. The first-order chi connectivity index (χ1) is 6.18. The highest BCUT2D eigenvalue weighted by Gasteiger charge is 1.95.